The van der Waals surface area contributed by atoms with Gasteiger partial charge in [-0.25, -0.2) is 9.97 Å². The van der Waals surface area contributed by atoms with Gasteiger partial charge >= 0.3 is 0 Å². The zero-order valence-corrected chi connectivity index (χ0v) is 24.4. The molecule has 1 fully saturated rings. The number of hydrogen-bond acceptors (Lipinski definition) is 7. The molecule has 1 aliphatic heterocycles. The fraction of sp³-hybridized carbons (Fsp3) is 0.258. The van der Waals surface area contributed by atoms with E-state index in [4.69, 9.17) is 16.6 Å². The second-order valence-corrected chi connectivity index (χ2v) is 11.1. The number of piperazine rings is 1. The zero-order chi connectivity index (χ0) is 29.4. The van der Waals surface area contributed by atoms with E-state index in [0.29, 0.717) is 42.5 Å². The van der Waals surface area contributed by atoms with Gasteiger partial charge in [0.15, 0.2) is 0 Å². The SMILES string of the molecule is CN(C)[C@@H](C(=O)N1CCN(c2ccc(-c3cc(-c4cnn(C)c4)cc4ncc(C#N)n34)cn2)CC1)c1cccc(Cl)c1. The van der Waals surface area contributed by atoms with Crippen LogP contribution in [0.2, 0.25) is 5.02 Å². The van der Waals surface area contributed by atoms with Gasteiger partial charge in [0.2, 0.25) is 5.91 Å². The van der Waals surface area contributed by atoms with E-state index < -0.39 is 6.04 Å². The maximum atomic E-state index is 13.5. The van der Waals surface area contributed by atoms with Crippen LogP contribution in [0, 0.1) is 11.3 Å². The Hall–Kier alpha value is -4.72. The molecule has 6 rings (SSSR count). The summed E-state index contributed by atoms with van der Waals surface area (Å²) in [4.78, 5) is 28.8. The standard InChI is InChI=1S/C31H30ClN9O/c1-37(2)30(21-5-4-6-25(32)13-21)31(42)40-11-9-39(10-12-40)28-8-7-22(17-34-28)27-14-23(24-18-36-38(3)20-24)15-29-35-19-26(16-33)41(27)29/h4-8,13-15,17-20,30H,9-12H2,1-3H3/t30-/m1/s1. The third-order valence-corrected chi connectivity index (χ3v) is 7.87. The van der Waals surface area contributed by atoms with Crippen molar-refractivity contribution in [3.63, 3.8) is 0 Å². The minimum atomic E-state index is -0.395. The lowest BCUT2D eigenvalue weighted by molar-refractivity contribution is -0.136. The molecule has 0 unspecified atom stereocenters. The van der Waals surface area contributed by atoms with E-state index >= 15 is 0 Å². The molecule has 1 aromatic carbocycles. The second-order valence-electron chi connectivity index (χ2n) is 10.6. The molecule has 0 N–H and O–H groups in total. The molecule has 10 nitrogen and oxygen atoms in total. The Morgan fingerprint density at radius 1 is 0.976 bits per heavy atom. The first-order chi connectivity index (χ1) is 20.3. The fourth-order valence-electron chi connectivity index (χ4n) is 5.53. The van der Waals surface area contributed by atoms with Crippen LogP contribution in [-0.4, -0.2) is 80.1 Å². The van der Waals surface area contributed by atoms with Crippen molar-refractivity contribution in [2.75, 3.05) is 45.2 Å². The third kappa shape index (κ3) is 5.20. The van der Waals surface area contributed by atoms with Crippen molar-refractivity contribution in [2.45, 2.75) is 6.04 Å². The van der Waals surface area contributed by atoms with Gasteiger partial charge in [-0.15, -0.1) is 0 Å². The summed E-state index contributed by atoms with van der Waals surface area (Å²) in [5, 5.41) is 14.6. The lowest BCUT2D eigenvalue weighted by atomic mass is 10.0. The van der Waals surface area contributed by atoms with Gasteiger partial charge in [0.25, 0.3) is 0 Å². The number of imidazole rings is 1. The molecule has 42 heavy (non-hydrogen) atoms. The smallest absolute Gasteiger partial charge is 0.244 e. The molecule has 1 saturated heterocycles. The molecular weight excluding hydrogens is 550 g/mol. The van der Waals surface area contributed by atoms with Crippen LogP contribution in [0.5, 0.6) is 0 Å². The Balaban J connectivity index is 1.21. The summed E-state index contributed by atoms with van der Waals surface area (Å²) in [5.74, 6) is 0.909. The van der Waals surface area contributed by atoms with E-state index in [9.17, 15) is 10.1 Å². The number of pyridine rings is 2. The number of halogens is 1. The van der Waals surface area contributed by atoms with E-state index in [2.05, 4.69) is 21.1 Å². The van der Waals surface area contributed by atoms with Crippen LogP contribution in [0.1, 0.15) is 17.3 Å². The average Bonchev–Trinajstić information content (AvgIpc) is 3.63. The van der Waals surface area contributed by atoms with Crippen LogP contribution in [0.25, 0.3) is 28.0 Å². The van der Waals surface area contributed by atoms with Crippen molar-refractivity contribution < 1.29 is 4.79 Å². The van der Waals surface area contributed by atoms with Gasteiger partial charge in [0, 0.05) is 61.8 Å². The predicted molar refractivity (Wildman–Crippen MR) is 162 cm³/mol. The number of amides is 1. The highest BCUT2D eigenvalue weighted by molar-refractivity contribution is 6.30. The Morgan fingerprint density at radius 2 is 1.79 bits per heavy atom. The Bertz CT molecular complexity index is 1790. The van der Waals surface area contributed by atoms with Crippen LogP contribution in [0.3, 0.4) is 0 Å². The van der Waals surface area contributed by atoms with E-state index in [1.54, 1.807) is 10.9 Å². The van der Waals surface area contributed by atoms with Gasteiger partial charge < -0.3 is 9.80 Å². The molecule has 11 heteroatoms. The molecule has 1 aliphatic rings. The molecular formula is C31H30ClN9O. The summed E-state index contributed by atoms with van der Waals surface area (Å²) in [5.41, 5.74) is 5.64. The summed E-state index contributed by atoms with van der Waals surface area (Å²) >= 11 is 6.22. The Morgan fingerprint density at radius 3 is 2.43 bits per heavy atom. The molecule has 1 atom stereocenters. The summed E-state index contributed by atoms with van der Waals surface area (Å²) in [6.07, 6.45) is 7.18. The number of aryl methyl sites for hydroxylation is 1. The van der Waals surface area contributed by atoms with Gasteiger partial charge in [-0.05, 0) is 61.6 Å². The highest BCUT2D eigenvalue weighted by atomic mass is 35.5. The van der Waals surface area contributed by atoms with Gasteiger partial charge in [-0.2, -0.15) is 10.4 Å². The first kappa shape index (κ1) is 27.4. The van der Waals surface area contributed by atoms with E-state index in [1.165, 1.54) is 0 Å². The second kappa shape index (κ2) is 11.3. The number of rotatable bonds is 6. The van der Waals surface area contributed by atoms with Crippen LogP contribution in [-0.2, 0) is 11.8 Å². The van der Waals surface area contributed by atoms with Crippen molar-refractivity contribution >= 4 is 29.0 Å². The minimum absolute atomic E-state index is 0.0661. The van der Waals surface area contributed by atoms with Crippen molar-refractivity contribution in [3.8, 4) is 28.5 Å². The average molecular weight is 580 g/mol. The zero-order valence-electron chi connectivity index (χ0n) is 23.6. The molecule has 0 spiro atoms. The first-order valence-corrected chi connectivity index (χ1v) is 14.0. The number of hydrogen-bond donors (Lipinski definition) is 0. The molecule has 4 aromatic heterocycles. The van der Waals surface area contributed by atoms with Crippen LogP contribution in [0.15, 0.2) is 73.3 Å². The number of aromatic nitrogens is 5. The van der Waals surface area contributed by atoms with Gasteiger partial charge in [-0.3, -0.25) is 18.8 Å². The van der Waals surface area contributed by atoms with E-state index in [-0.39, 0.29) is 5.91 Å². The van der Waals surface area contributed by atoms with Crippen molar-refractivity contribution in [1.82, 2.24) is 33.9 Å². The number of carbonyl (C=O) groups excluding carboxylic acids is 1. The van der Waals surface area contributed by atoms with Gasteiger partial charge in [-0.1, -0.05) is 23.7 Å². The summed E-state index contributed by atoms with van der Waals surface area (Å²) in [6.45, 7) is 2.55. The summed E-state index contributed by atoms with van der Waals surface area (Å²) in [6, 6.07) is 17.3. The Kier molecular flexibility index (Phi) is 7.37. The van der Waals surface area contributed by atoms with Gasteiger partial charge in [0.05, 0.1) is 18.1 Å². The van der Waals surface area contributed by atoms with Gasteiger partial charge in [0.1, 0.15) is 29.3 Å². The predicted octanol–water partition coefficient (Wildman–Crippen LogP) is 4.27. The Labute approximate surface area is 249 Å². The normalized spacial score (nSPS) is 14.4. The number of carbonyl (C=O) groups is 1. The molecule has 0 radical (unpaired) electrons. The van der Waals surface area contributed by atoms with Crippen LogP contribution in [0.4, 0.5) is 5.82 Å². The minimum Gasteiger partial charge on any atom is -0.353 e. The number of anilines is 1. The maximum absolute atomic E-state index is 13.5. The lowest BCUT2D eigenvalue weighted by Crippen LogP contribution is -2.51. The number of fused-ring (bicyclic) bond motifs is 1. The number of benzene rings is 1. The maximum Gasteiger partial charge on any atom is 0.244 e. The monoisotopic (exact) mass is 579 g/mol. The lowest BCUT2D eigenvalue weighted by Gasteiger charge is -2.38. The fourth-order valence-corrected chi connectivity index (χ4v) is 5.73. The number of likely N-dealkylation sites (N-methyl/N-ethyl adjacent to an activating group) is 1. The molecule has 212 valence electrons. The summed E-state index contributed by atoms with van der Waals surface area (Å²) < 4.78 is 3.61. The molecule has 0 aliphatic carbocycles. The molecule has 1 amide bonds. The summed E-state index contributed by atoms with van der Waals surface area (Å²) in [7, 11) is 5.70. The van der Waals surface area contributed by atoms with Crippen LogP contribution < -0.4 is 4.90 Å². The highest BCUT2D eigenvalue weighted by Crippen LogP contribution is 2.30. The van der Waals surface area contributed by atoms with Crippen molar-refractivity contribution in [2.24, 2.45) is 7.05 Å². The van der Waals surface area contributed by atoms with Crippen molar-refractivity contribution in [1.29, 1.82) is 5.26 Å². The third-order valence-electron chi connectivity index (χ3n) is 7.63. The molecule has 0 saturated carbocycles. The highest BCUT2D eigenvalue weighted by Gasteiger charge is 2.30. The molecule has 5 aromatic rings. The first-order valence-electron chi connectivity index (χ1n) is 13.6. The van der Waals surface area contributed by atoms with Crippen LogP contribution >= 0.6 is 11.6 Å². The largest absolute Gasteiger partial charge is 0.353 e. The topological polar surface area (TPSA) is 98.6 Å². The van der Waals surface area contributed by atoms with E-state index in [1.807, 2.05) is 102 Å². The van der Waals surface area contributed by atoms with Crippen molar-refractivity contribution in [3.05, 3.63) is 89.6 Å². The number of nitriles is 1. The molecule has 0 bridgehead atoms. The number of nitrogens with zero attached hydrogens (tertiary/aromatic N) is 9. The van der Waals surface area contributed by atoms with E-state index in [0.717, 1.165) is 33.8 Å². The quantitative estimate of drug-likeness (QED) is 0.296. The molecule has 5 heterocycles.